The van der Waals surface area contributed by atoms with Crippen LogP contribution in [-0.2, 0) is 4.79 Å². The van der Waals surface area contributed by atoms with E-state index in [9.17, 15) is 4.79 Å². The highest BCUT2D eigenvalue weighted by atomic mass is 32.2. The van der Waals surface area contributed by atoms with Crippen molar-refractivity contribution in [3.8, 4) is 0 Å². The maximum atomic E-state index is 12.0. The number of aryl methyl sites for hydroxylation is 3. The van der Waals surface area contributed by atoms with Crippen LogP contribution in [0.3, 0.4) is 0 Å². The van der Waals surface area contributed by atoms with Crippen LogP contribution in [-0.4, -0.2) is 26.3 Å². The van der Waals surface area contributed by atoms with E-state index in [4.69, 9.17) is 0 Å². The number of aromatic nitrogens is 3. The van der Waals surface area contributed by atoms with Crippen molar-refractivity contribution in [1.29, 1.82) is 0 Å². The molecule has 0 fully saturated rings. The van der Waals surface area contributed by atoms with Crippen molar-refractivity contribution < 1.29 is 4.79 Å². The molecule has 0 saturated heterocycles. The van der Waals surface area contributed by atoms with E-state index < -0.39 is 0 Å². The Hall–Kier alpha value is -0.990. The second-order valence-electron chi connectivity index (χ2n) is 4.00. The average Bonchev–Trinajstić information content (AvgIpc) is 2.86. The number of hydrogen-bond acceptors (Lipinski definition) is 7. The molecule has 0 aliphatic rings. The minimum absolute atomic E-state index is 0.0633. The van der Waals surface area contributed by atoms with Crippen molar-refractivity contribution >= 4 is 45.5 Å². The molecule has 0 unspecified atom stereocenters. The van der Waals surface area contributed by atoms with Crippen molar-refractivity contribution in [1.82, 2.24) is 15.2 Å². The molecular formula is C11H14N4OS3. The van der Waals surface area contributed by atoms with Gasteiger partial charge in [0, 0.05) is 4.88 Å². The number of carbonyl (C=O) groups is 1. The lowest BCUT2D eigenvalue weighted by molar-refractivity contribution is -0.115. The first-order chi connectivity index (χ1) is 8.95. The second-order valence-corrected chi connectivity index (χ2v) is 7.97. The SMILES string of the molecule is Cc1nnc(S[C@@H](C)C(=O)Nc2nc(C)c(C)s2)s1. The van der Waals surface area contributed by atoms with Gasteiger partial charge in [-0.05, 0) is 27.7 Å². The highest BCUT2D eigenvalue weighted by molar-refractivity contribution is 8.02. The van der Waals surface area contributed by atoms with E-state index in [1.54, 1.807) is 0 Å². The van der Waals surface area contributed by atoms with E-state index in [1.807, 2.05) is 27.7 Å². The van der Waals surface area contributed by atoms with Crippen LogP contribution < -0.4 is 5.32 Å². The summed E-state index contributed by atoms with van der Waals surface area (Å²) >= 11 is 4.40. The molecule has 0 bridgehead atoms. The molecule has 1 N–H and O–H groups in total. The molecule has 8 heteroatoms. The molecule has 19 heavy (non-hydrogen) atoms. The van der Waals surface area contributed by atoms with Gasteiger partial charge in [0.15, 0.2) is 9.47 Å². The third-order valence-corrected chi connectivity index (χ3v) is 5.42. The highest BCUT2D eigenvalue weighted by Crippen LogP contribution is 2.27. The van der Waals surface area contributed by atoms with E-state index in [0.717, 1.165) is 19.9 Å². The summed E-state index contributed by atoms with van der Waals surface area (Å²) in [6.07, 6.45) is 0. The summed E-state index contributed by atoms with van der Waals surface area (Å²) in [5.74, 6) is -0.0633. The monoisotopic (exact) mass is 314 g/mol. The van der Waals surface area contributed by atoms with Gasteiger partial charge in [0.25, 0.3) is 0 Å². The standard InChI is InChI=1S/C11H14N4OS3/c1-5-6(2)17-10(12-5)13-9(16)7(3)18-11-15-14-8(4)19-11/h7H,1-4H3,(H,12,13,16)/t7-/m0/s1. The van der Waals surface area contributed by atoms with Gasteiger partial charge in [-0.25, -0.2) is 4.98 Å². The minimum atomic E-state index is -0.225. The summed E-state index contributed by atoms with van der Waals surface area (Å²) in [6, 6.07) is 0. The van der Waals surface area contributed by atoms with Crippen molar-refractivity contribution in [3.05, 3.63) is 15.6 Å². The molecule has 2 heterocycles. The summed E-state index contributed by atoms with van der Waals surface area (Å²) in [6.45, 7) is 7.67. The average molecular weight is 314 g/mol. The molecule has 0 aliphatic carbocycles. The van der Waals surface area contributed by atoms with E-state index in [0.29, 0.717) is 5.13 Å². The lowest BCUT2D eigenvalue weighted by atomic mass is 10.4. The predicted molar refractivity (Wildman–Crippen MR) is 80.2 cm³/mol. The number of nitrogens with one attached hydrogen (secondary N) is 1. The Balaban J connectivity index is 1.95. The number of carbonyl (C=O) groups excluding carboxylic acids is 1. The summed E-state index contributed by atoms with van der Waals surface area (Å²) in [7, 11) is 0. The number of nitrogens with zero attached hydrogens (tertiary/aromatic N) is 3. The summed E-state index contributed by atoms with van der Waals surface area (Å²) < 4.78 is 0.812. The molecule has 0 radical (unpaired) electrons. The molecule has 0 aromatic carbocycles. The molecule has 0 saturated carbocycles. The van der Waals surface area contributed by atoms with Crippen LogP contribution in [0.15, 0.2) is 4.34 Å². The highest BCUT2D eigenvalue weighted by Gasteiger charge is 2.18. The van der Waals surface area contributed by atoms with Crippen molar-refractivity contribution in [2.24, 2.45) is 0 Å². The molecule has 2 aromatic rings. The number of thiazole rings is 1. The smallest absolute Gasteiger partial charge is 0.239 e. The molecule has 2 rings (SSSR count). The van der Waals surface area contributed by atoms with Gasteiger partial charge in [-0.3, -0.25) is 4.79 Å². The van der Waals surface area contributed by atoms with E-state index >= 15 is 0 Å². The Labute approximate surface area is 123 Å². The summed E-state index contributed by atoms with van der Waals surface area (Å²) in [4.78, 5) is 17.5. The van der Waals surface area contributed by atoms with Crippen molar-refractivity contribution in [3.63, 3.8) is 0 Å². The van der Waals surface area contributed by atoms with Crippen molar-refractivity contribution in [2.45, 2.75) is 37.3 Å². The fourth-order valence-corrected chi connectivity index (χ4v) is 4.04. The maximum Gasteiger partial charge on any atom is 0.239 e. The largest absolute Gasteiger partial charge is 0.301 e. The number of thioether (sulfide) groups is 1. The molecule has 1 amide bonds. The van der Waals surface area contributed by atoms with Gasteiger partial charge >= 0.3 is 0 Å². The Morgan fingerprint density at radius 3 is 2.53 bits per heavy atom. The Bertz CT molecular complexity index is 573. The molecular weight excluding hydrogens is 300 g/mol. The first-order valence-electron chi connectivity index (χ1n) is 5.67. The first kappa shape index (κ1) is 14.4. The lowest BCUT2D eigenvalue weighted by Crippen LogP contribution is -2.22. The number of hydrogen-bond donors (Lipinski definition) is 1. The Morgan fingerprint density at radius 1 is 1.26 bits per heavy atom. The van der Waals surface area contributed by atoms with Crippen LogP contribution in [0, 0.1) is 20.8 Å². The molecule has 102 valence electrons. The molecule has 0 aliphatic heterocycles. The van der Waals surface area contributed by atoms with Gasteiger partial charge in [-0.1, -0.05) is 23.1 Å². The van der Waals surface area contributed by atoms with Crippen molar-refractivity contribution in [2.75, 3.05) is 5.32 Å². The number of amides is 1. The van der Waals surface area contributed by atoms with Crippen LogP contribution in [0.2, 0.25) is 0 Å². The zero-order valence-corrected chi connectivity index (χ0v) is 13.5. The topological polar surface area (TPSA) is 67.8 Å². The normalized spacial score (nSPS) is 12.4. The maximum absolute atomic E-state index is 12.0. The van der Waals surface area contributed by atoms with E-state index in [1.165, 1.54) is 34.4 Å². The Morgan fingerprint density at radius 2 is 2.00 bits per heavy atom. The van der Waals surface area contributed by atoms with Gasteiger partial charge in [-0.2, -0.15) is 0 Å². The van der Waals surface area contributed by atoms with Gasteiger partial charge in [0.05, 0.1) is 10.9 Å². The minimum Gasteiger partial charge on any atom is -0.301 e. The second kappa shape index (κ2) is 5.98. The summed E-state index contributed by atoms with van der Waals surface area (Å²) in [5, 5.41) is 12.1. The third kappa shape index (κ3) is 3.74. The van der Waals surface area contributed by atoms with Crippen LogP contribution in [0.5, 0.6) is 0 Å². The van der Waals surface area contributed by atoms with Gasteiger partial charge in [0.2, 0.25) is 5.91 Å². The molecule has 1 atom stereocenters. The fraction of sp³-hybridized carbons (Fsp3) is 0.455. The predicted octanol–water partition coefficient (Wildman–Crippen LogP) is 3.04. The number of rotatable bonds is 4. The third-order valence-electron chi connectivity index (χ3n) is 2.41. The van der Waals surface area contributed by atoms with Gasteiger partial charge < -0.3 is 5.32 Å². The van der Waals surface area contributed by atoms with Crippen LogP contribution in [0.4, 0.5) is 5.13 Å². The van der Waals surface area contributed by atoms with Crippen LogP contribution in [0.1, 0.15) is 22.5 Å². The van der Waals surface area contributed by atoms with E-state index in [2.05, 4.69) is 20.5 Å². The van der Waals surface area contributed by atoms with Crippen LogP contribution in [0.25, 0.3) is 0 Å². The van der Waals surface area contributed by atoms with Crippen LogP contribution >= 0.6 is 34.4 Å². The molecule has 2 aromatic heterocycles. The van der Waals surface area contributed by atoms with Gasteiger partial charge in [0.1, 0.15) is 5.01 Å². The van der Waals surface area contributed by atoms with E-state index in [-0.39, 0.29) is 11.2 Å². The van der Waals surface area contributed by atoms with Gasteiger partial charge in [-0.15, -0.1) is 21.5 Å². The summed E-state index contributed by atoms with van der Waals surface area (Å²) in [5.41, 5.74) is 0.959. The fourth-order valence-electron chi connectivity index (χ4n) is 1.26. The number of anilines is 1. The zero-order chi connectivity index (χ0) is 14.0. The first-order valence-corrected chi connectivity index (χ1v) is 8.18. The Kier molecular flexibility index (Phi) is 4.54. The molecule has 5 nitrogen and oxygen atoms in total. The lowest BCUT2D eigenvalue weighted by Gasteiger charge is -2.07. The zero-order valence-electron chi connectivity index (χ0n) is 11.1. The quantitative estimate of drug-likeness (QED) is 0.879. The molecule has 0 spiro atoms.